The fourth-order valence-corrected chi connectivity index (χ4v) is 5.73. The molecule has 1 aliphatic carbocycles. The Balaban J connectivity index is 1.68. The van der Waals surface area contributed by atoms with E-state index in [1.165, 1.54) is 10.6 Å². The Morgan fingerprint density at radius 2 is 1.97 bits per heavy atom. The summed E-state index contributed by atoms with van der Waals surface area (Å²) in [7, 11) is -3.18. The summed E-state index contributed by atoms with van der Waals surface area (Å²) in [6.07, 6.45) is 7.10. The normalized spacial score (nSPS) is 22.5. The van der Waals surface area contributed by atoms with Crippen LogP contribution in [0.5, 0.6) is 0 Å². The Morgan fingerprint density at radius 3 is 2.55 bits per heavy atom. The van der Waals surface area contributed by atoms with E-state index < -0.39 is 10.0 Å². The Bertz CT molecular complexity index is 1210. The first kappa shape index (κ1) is 21.7. The van der Waals surface area contributed by atoms with Gasteiger partial charge in [-0.15, -0.1) is 0 Å². The lowest BCUT2D eigenvalue weighted by molar-refractivity contribution is 0.260. The first-order valence-electron chi connectivity index (χ1n) is 10.6. The molecule has 0 amide bonds. The Morgan fingerprint density at radius 1 is 1.26 bits per heavy atom. The number of pyridine rings is 1. The van der Waals surface area contributed by atoms with E-state index in [-0.39, 0.29) is 28.6 Å². The molecule has 0 bridgehead atoms. The molecule has 9 nitrogen and oxygen atoms in total. The van der Waals surface area contributed by atoms with E-state index in [0.717, 1.165) is 19.3 Å². The molecule has 3 heterocycles. The van der Waals surface area contributed by atoms with Crippen LogP contribution in [0.15, 0.2) is 17.1 Å². The Labute approximate surface area is 182 Å². The SMILES string of the molecule is CC1(C)CCCC1n1c(=O)c(C#N)cc2cnc(NC3CCN(S(C)(=O)=O)CC3)nc21. The van der Waals surface area contributed by atoms with Crippen molar-refractivity contribution in [2.24, 2.45) is 5.41 Å². The molecule has 4 rings (SSSR count). The van der Waals surface area contributed by atoms with Gasteiger partial charge < -0.3 is 5.32 Å². The molecule has 0 radical (unpaired) electrons. The molecule has 1 atom stereocenters. The highest BCUT2D eigenvalue weighted by atomic mass is 32.2. The quantitative estimate of drug-likeness (QED) is 0.767. The third-order valence-corrected chi connectivity index (χ3v) is 7.97. The summed E-state index contributed by atoms with van der Waals surface area (Å²) in [4.78, 5) is 22.2. The van der Waals surface area contributed by atoms with Gasteiger partial charge in [-0.1, -0.05) is 20.3 Å². The van der Waals surface area contributed by atoms with Gasteiger partial charge in [-0.2, -0.15) is 10.2 Å². The van der Waals surface area contributed by atoms with Gasteiger partial charge in [0.15, 0.2) is 0 Å². The summed E-state index contributed by atoms with van der Waals surface area (Å²) >= 11 is 0. The van der Waals surface area contributed by atoms with Gasteiger partial charge in [0.25, 0.3) is 5.56 Å². The van der Waals surface area contributed by atoms with Crippen LogP contribution in [0.3, 0.4) is 0 Å². The van der Waals surface area contributed by atoms with Crippen molar-refractivity contribution in [3.8, 4) is 6.07 Å². The largest absolute Gasteiger partial charge is 0.351 e. The first-order chi connectivity index (χ1) is 14.6. The van der Waals surface area contributed by atoms with E-state index in [1.54, 1.807) is 16.8 Å². The number of anilines is 1. The highest BCUT2D eigenvalue weighted by molar-refractivity contribution is 7.88. The molecular formula is C21H28N6O3S. The molecule has 10 heteroatoms. The summed E-state index contributed by atoms with van der Waals surface area (Å²) in [5.41, 5.74) is 0.269. The third-order valence-electron chi connectivity index (χ3n) is 6.66. The molecule has 0 spiro atoms. The molecule has 2 aromatic rings. The maximum Gasteiger partial charge on any atom is 0.270 e. The van der Waals surface area contributed by atoms with E-state index in [9.17, 15) is 18.5 Å². The van der Waals surface area contributed by atoms with E-state index in [0.29, 0.717) is 42.9 Å². The number of hydrogen-bond donors (Lipinski definition) is 1. The summed E-state index contributed by atoms with van der Waals surface area (Å²) in [5.74, 6) is 0.416. The second kappa shape index (κ2) is 7.88. The molecule has 31 heavy (non-hydrogen) atoms. The number of sulfonamides is 1. The fourth-order valence-electron chi connectivity index (χ4n) is 4.86. The van der Waals surface area contributed by atoms with Crippen LogP contribution >= 0.6 is 0 Å². The fraction of sp³-hybridized carbons (Fsp3) is 0.619. The lowest BCUT2D eigenvalue weighted by atomic mass is 9.87. The van der Waals surface area contributed by atoms with Crippen LogP contribution < -0.4 is 10.9 Å². The highest BCUT2D eigenvalue weighted by Gasteiger charge is 2.37. The molecule has 166 valence electrons. The van der Waals surface area contributed by atoms with Crippen molar-refractivity contribution in [3.63, 3.8) is 0 Å². The zero-order valence-corrected chi connectivity index (χ0v) is 18.9. The number of aromatic nitrogens is 3. The number of nitriles is 1. The van der Waals surface area contributed by atoms with Gasteiger partial charge in [-0.25, -0.2) is 17.7 Å². The maximum atomic E-state index is 13.1. The lowest BCUT2D eigenvalue weighted by Gasteiger charge is -2.31. The summed E-state index contributed by atoms with van der Waals surface area (Å²) in [6.45, 7) is 5.21. The highest BCUT2D eigenvalue weighted by Crippen LogP contribution is 2.46. The van der Waals surface area contributed by atoms with Gasteiger partial charge in [-0.05, 0) is 37.2 Å². The van der Waals surface area contributed by atoms with Crippen molar-refractivity contribution >= 4 is 27.0 Å². The van der Waals surface area contributed by atoms with Crippen molar-refractivity contribution in [3.05, 3.63) is 28.2 Å². The van der Waals surface area contributed by atoms with Crippen molar-refractivity contribution in [1.82, 2.24) is 18.8 Å². The van der Waals surface area contributed by atoms with Crippen molar-refractivity contribution in [1.29, 1.82) is 5.26 Å². The second-order valence-corrected chi connectivity index (χ2v) is 11.3. The number of hydrogen-bond acceptors (Lipinski definition) is 7. The molecular weight excluding hydrogens is 416 g/mol. The zero-order chi connectivity index (χ0) is 22.4. The van der Waals surface area contributed by atoms with Crippen LogP contribution in [0.25, 0.3) is 11.0 Å². The standard InChI is InChI=1S/C21H28N6O3S/c1-21(2)8-4-5-17(21)27-18-15(11-14(12-22)19(27)28)13-23-20(25-18)24-16-6-9-26(10-7-16)31(3,29)30/h11,13,16-17H,4-10H2,1-3H3,(H,23,24,25). The van der Waals surface area contributed by atoms with Crippen molar-refractivity contribution in [2.75, 3.05) is 24.7 Å². The maximum absolute atomic E-state index is 13.1. The number of nitrogens with one attached hydrogen (secondary N) is 1. The molecule has 1 unspecified atom stereocenters. The van der Waals surface area contributed by atoms with Crippen LogP contribution in [0.4, 0.5) is 5.95 Å². The number of fused-ring (bicyclic) bond motifs is 1. The Kier molecular flexibility index (Phi) is 5.52. The van der Waals surface area contributed by atoms with Gasteiger partial charge >= 0.3 is 0 Å². The minimum absolute atomic E-state index is 0.0310. The summed E-state index contributed by atoms with van der Waals surface area (Å²) in [5, 5.41) is 13.4. The summed E-state index contributed by atoms with van der Waals surface area (Å²) < 4.78 is 26.6. The van der Waals surface area contributed by atoms with Crippen LogP contribution in [0.1, 0.15) is 57.6 Å². The smallest absolute Gasteiger partial charge is 0.270 e. The monoisotopic (exact) mass is 444 g/mol. The molecule has 0 aromatic carbocycles. The summed E-state index contributed by atoms with van der Waals surface area (Å²) in [6, 6.07) is 3.60. The minimum atomic E-state index is -3.18. The van der Waals surface area contributed by atoms with E-state index >= 15 is 0 Å². The molecule has 1 N–H and O–H groups in total. The molecule has 1 aliphatic heterocycles. The van der Waals surface area contributed by atoms with Gasteiger partial charge in [0.2, 0.25) is 16.0 Å². The zero-order valence-electron chi connectivity index (χ0n) is 18.1. The third kappa shape index (κ3) is 4.16. The van der Waals surface area contributed by atoms with Gasteiger partial charge in [-0.3, -0.25) is 9.36 Å². The van der Waals surface area contributed by atoms with Gasteiger partial charge in [0.05, 0.1) is 6.26 Å². The van der Waals surface area contributed by atoms with E-state index in [2.05, 4.69) is 29.1 Å². The van der Waals surface area contributed by atoms with Gasteiger partial charge in [0, 0.05) is 36.8 Å². The minimum Gasteiger partial charge on any atom is -0.351 e. The molecule has 2 aliphatic rings. The first-order valence-corrected chi connectivity index (χ1v) is 12.5. The number of nitrogens with zero attached hydrogens (tertiary/aromatic N) is 5. The average molecular weight is 445 g/mol. The van der Waals surface area contributed by atoms with Crippen LogP contribution in [-0.2, 0) is 10.0 Å². The van der Waals surface area contributed by atoms with E-state index in [1.807, 2.05) is 6.07 Å². The molecule has 1 saturated carbocycles. The number of rotatable bonds is 4. The van der Waals surface area contributed by atoms with Crippen molar-refractivity contribution < 1.29 is 8.42 Å². The molecule has 1 saturated heterocycles. The predicted octanol–water partition coefficient (Wildman–Crippen LogP) is 2.25. The topological polar surface area (TPSA) is 121 Å². The van der Waals surface area contributed by atoms with Crippen LogP contribution in [-0.4, -0.2) is 52.6 Å². The van der Waals surface area contributed by atoms with Gasteiger partial charge in [0.1, 0.15) is 17.3 Å². The Hall–Kier alpha value is -2.51. The van der Waals surface area contributed by atoms with Crippen LogP contribution in [0.2, 0.25) is 0 Å². The predicted molar refractivity (Wildman–Crippen MR) is 118 cm³/mol. The lowest BCUT2D eigenvalue weighted by Crippen LogP contribution is -2.42. The molecule has 2 aromatic heterocycles. The second-order valence-electron chi connectivity index (χ2n) is 9.29. The number of piperidine rings is 1. The molecule has 2 fully saturated rings. The van der Waals surface area contributed by atoms with Crippen LogP contribution in [0, 0.1) is 16.7 Å². The van der Waals surface area contributed by atoms with Crippen molar-refractivity contribution in [2.45, 2.75) is 58.0 Å². The van der Waals surface area contributed by atoms with E-state index in [4.69, 9.17) is 0 Å². The average Bonchev–Trinajstić information content (AvgIpc) is 3.06.